The molecule has 0 unspecified atom stereocenters. The smallest absolute Gasteiger partial charge is 0.255 e. The highest BCUT2D eigenvalue weighted by Crippen LogP contribution is 2.25. The summed E-state index contributed by atoms with van der Waals surface area (Å²) in [7, 11) is -3.98. The van der Waals surface area contributed by atoms with Crippen LogP contribution in [0.15, 0.2) is 47.4 Å². The number of carbonyl (C=O) groups is 1. The number of nitrogens with zero attached hydrogens (tertiary/aromatic N) is 2. The van der Waals surface area contributed by atoms with E-state index in [0.717, 1.165) is 68.1 Å². The third kappa shape index (κ3) is 5.33. The maximum atomic E-state index is 14.5. The van der Waals surface area contributed by atoms with Crippen molar-refractivity contribution in [3.8, 4) is 0 Å². The van der Waals surface area contributed by atoms with E-state index in [2.05, 4.69) is 10.2 Å². The van der Waals surface area contributed by atoms with Gasteiger partial charge in [0.25, 0.3) is 5.91 Å². The zero-order valence-corrected chi connectivity index (χ0v) is 19.6. The normalized spacial score (nSPS) is 18.4. The van der Waals surface area contributed by atoms with Crippen LogP contribution in [0.3, 0.4) is 0 Å². The Morgan fingerprint density at radius 3 is 2.47 bits per heavy atom. The summed E-state index contributed by atoms with van der Waals surface area (Å²) in [5.74, 6) is 0.897. The van der Waals surface area contributed by atoms with Crippen LogP contribution in [0.1, 0.15) is 35.2 Å². The average Bonchev–Trinajstić information content (AvgIpc) is 2.82. The molecule has 0 aliphatic carbocycles. The van der Waals surface area contributed by atoms with Gasteiger partial charge in [0.15, 0.2) is 0 Å². The van der Waals surface area contributed by atoms with Gasteiger partial charge in [-0.25, -0.2) is 12.8 Å². The molecule has 0 spiro atoms. The monoisotopic (exact) mass is 477 g/mol. The summed E-state index contributed by atoms with van der Waals surface area (Å²) in [4.78, 5) is 14.9. The molecule has 2 aromatic carbocycles. The summed E-state index contributed by atoms with van der Waals surface area (Å²) in [6, 6.07) is 11.1. The predicted octanol–water partition coefficient (Wildman–Crippen LogP) is 3.80. The van der Waals surface area contributed by atoms with Gasteiger partial charge in [0.1, 0.15) is 10.7 Å². The molecule has 2 fully saturated rings. The van der Waals surface area contributed by atoms with Crippen LogP contribution in [0.2, 0.25) is 0 Å². The van der Waals surface area contributed by atoms with E-state index >= 15 is 0 Å². The second-order valence-corrected chi connectivity index (χ2v) is 11.2. The number of halogens is 1. The quantitative estimate of drug-likeness (QED) is 0.685. The number of rotatable bonds is 6. The fourth-order valence-corrected chi connectivity index (χ4v) is 6.65. The Morgan fingerprint density at radius 1 is 1.00 bits per heavy atom. The Morgan fingerprint density at radius 2 is 1.72 bits per heavy atom. The number of hydrogen-bond donors (Lipinski definition) is 1. The SMILES string of the molecule is O=C(Nc1ccccc1CN1CCSCC1)c1ccc(F)c(S(=O)(=O)N2CCCCC2)c1. The maximum absolute atomic E-state index is 14.5. The van der Waals surface area contributed by atoms with Crippen LogP contribution in [-0.2, 0) is 16.6 Å². The molecule has 9 heteroatoms. The first-order valence-electron chi connectivity index (χ1n) is 10.9. The van der Waals surface area contributed by atoms with Crippen molar-refractivity contribution in [3.63, 3.8) is 0 Å². The first-order chi connectivity index (χ1) is 15.4. The van der Waals surface area contributed by atoms with E-state index in [1.54, 1.807) is 0 Å². The van der Waals surface area contributed by atoms with Gasteiger partial charge in [-0.05, 0) is 42.7 Å². The molecule has 0 radical (unpaired) electrons. The number of benzene rings is 2. The highest BCUT2D eigenvalue weighted by Gasteiger charge is 2.29. The van der Waals surface area contributed by atoms with Crippen molar-refractivity contribution >= 4 is 33.4 Å². The molecule has 0 aromatic heterocycles. The highest BCUT2D eigenvalue weighted by atomic mass is 32.2. The number of carbonyl (C=O) groups excluding carboxylic acids is 1. The third-order valence-electron chi connectivity index (χ3n) is 5.89. The molecule has 2 aliphatic rings. The minimum absolute atomic E-state index is 0.117. The molecule has 0 saturated carbocycles. The molecule has 0 bridgehead atoms. The molecular weight excluding hydrogens is 449 g/mol. The van der Waals surface area contributed by atoms with Gasteiger partial charge in [-0.15, -0.1) is 0 Å². The summed E-state index contributed by atoms with van der Waals surface area (Å²) in [6.45, 7) is 3.49. The van der Waals surface area contributed by atoms with Gasteiger partial charge in [0.05, 0.1) is 0 Å². The van der Waals surface area contributed by atoms with E-state index in [1.165, 1.54) is 10.4 Å². The molecule has 2 heterocycles. The van der Waals surface area contributed by atoms with E-state index < -0.39 is 26.6 Å². The van der Waals surface area contributed by atoms with Gasteiger partial charge in [0.2, 0.25) is 10.0 Å². The topological polar surface area (TPSA) is 69.7 Å². The first-order valence-corrected chi connectivity index (χ1v) is 13.5. The number of thioether (sulfide) groups is 1. The number of hydrogen-bond acceptors (Lipinski definition) is 5. The summed E-state index contributed by atoms with van der Waals surface area (Å²) in [5, 5.41) is 2.89. The number of piperidine rings is 1. The number of anilines is 1. The lowest BCUT2D eigenvalue weighted by Gasteiger charge is -2.27. The molecule has 6 nitrogen and oxygen atoms in total. The Labute approximate surface area is 193 Å². The number of sulfonamides is 1. The number of amides is 1. The van der Waals surface area contributed by atoms with Crippen molar-refractivity contribution in [1.82, 2.24) is 9.21 Å². The zero-order valence-electron chi connectivity index (χ0n) is 17.9. The summed E-state index contributed by atoms with van der Waals surface area (Å²) >= 11 is 1.94. The van der Waals surface area contributed by atoms with Crippen LogP contribution >= 0.6 is 11.8 Å². The van der Waals surface area contributed by atoms with Crippen molar-refractivity contribution in [2.75, 3.05) is 43.0 Å². The van der Waals surface area contributed by atoms with Crippen LogP contribution in [0.5, 0.6) is 0 Å². The van der Waals surface area contributed by atoms with Crippen LogP contribution in [-0.4, -0.2) is 61.2 Å². The van der Waals surface area contributed by atoms with Gasteiger partial charge < -0.3 is 5.32 Å². The Bertz CT molecular complexity index is 1070. The van der Waals surface area contributed by atoms with Crippen molar-refractivity contribution in [3.05, 3.63) is 59.4 Å². The minimum Gasteiger partial charge on any atom is -0.322 e. The molecule has 4 rings (SSSR count). The van der Waals surface area contributed by atoms with E-state index in [-0.39, 0.29) is 5.56 Å². The van der Waals surface area contributed by atoms with Crippen LogP contribution in [0.4, 0.5) is 10.1 Å². The molecule has 2 saturated heterocycles. The van der Waals surface area contributed by atoms with Crippen molar-refractivity contribution < 1.29 is 17.6 Å². The fourth-order valence-electron chi connectivity index (χ4n) is 4.06. The Balaban J connectivity index is 1.54. The molecule has 0 atom stereocenters. The lowest BCUT2D eigenvalue weighted by Crippen LogP contribution is -2.36. The molecule has 1 amide bonds. The van der Waals surface area contributed by atoms with Gasteiger partial charge >= 0.3 is 0 Å². The van der Waals surface area contributed by atoms with Crippen molar-refractivity contribution in [2.45, 2.75) is 30.7 Å². The van der Waals surface area contributed by atoms with E-state index in [1.807, 2.05) is 36.0 Å². The molecule has 32 heavy (non-hydrogen) atoms. The van der Waals surface area contributed by atoms with E-state index in [0.29, 0.717) is 18.8 Å². The summed E-state index contributed by atoms with van der Waals surface area (Å²) in [6.07, 6.45) is 2.48. The molecule has 1 N–H and O–H groups in total. The summed E-state index contributed by atoms with van der Waals surface area (Å²) in [5.41, 5.74) is 1.79. The van der Waals surface area contributed by atoms with Crippen molar-refractivity contribution in [1.29, 1.82) is 0 Å². The first kappa shape index (κ1) is 23.2. The third-order valence-corrected chi connectivity index (χ3v) is 8.75. The lowest BCUT2D eigenvalue weighted by atomic mass is 10.1. The molecule has 172 valence electrons. The Kier molecular flexibility index (Phi) is 7.50. The Hall–Kier alpha value is -1.94. The standard InChI is InChI=1S/C23H28FN3O3S2/c24-20-9-8-18(16-22(20)32(29,30)27-10-4-1-5-11-27)23(28)25-21-7-3-2-6-19(21)17-26-12-14-31-15-13-26/h2-3,6-9,16H,1,4-5,10-15,17H2,(H,25,28). The lowest BCUT2D eigenvalue weighted by molar-refractivity contribution is 0.102. The van der Waals surface area contributed by atoms with Gasteiger partial charge in [-0.1, -0.05) is 24.6 Å². The number of nitrogens with one attached hydrogen (secondary N) is 1. The van der Waals surface area contributed by atoms with Crippen LogP contribution in [0.25, 0.3) is 0 Å². The predicted molar refractivity (Wildman–Crippen MR) is 126 cm³/mol. The minimum atomic E-state index is -3.98. The number of para-hydroxylation sites is 1. The largest absolute Gasteiger partial charge is 0.322 e. The molecule has 2 aromatic rings. The van der Waals surface area contributed by atoms with E-state index in [4.69, 9.17) is 0 Å². The van der Waals surface area contributed by atoms with Crippen molar-refractivity contribution in [2.24, 2.45) is 0 Å². The molecular formula is C23H28FN3O3S2. The van der Waals surface area contributed by atoms with Gasteiger partial charge in [-0.3, -0.25) is 9.69 Å². The highest BCUT2D eigenvalue weighted by molar-refractivity contribution is 7.99. The van der Waals surface area contributed by atoms with Gasteiger partial charge in [0, 0.05) is 55.5 Å². The average molecular weight is 478 g/mol. The second-order valence-electron chi connectivity index (χ2n) is 8.11. The van der Waals surface area contributed by atoms with Gasteiger partial charge in [-0.2, -0.15) is 16.1 Å². The van der Waals surface area contributed by atoms with E-state index in [9.17, 15) is 17.6 Å². The second kappa shape index (κ2) is 10.3. The maximum Gasteiger partial charge on any atom is 0.255 e. The zero-order chi connectivity index (χ0) is 22.6. The van der Waals surface area contributed by atoms with Crippen LogP contribution < -0.4 is 5.32 Å². The van der Waals surface area contributed by atoms with Crippen LogP contribution in [0, 0.1) is 5.82 Å². The summed E-state index contributed by atoms with van der Waals surface area (Å²) < 4.78 is 41.7. The molecule has 2 aliphatic heterocycles. The fraction of sp³-hybridized carbons (Fsp3) is 0.435.